The van der Waals surface area contributed by atoms with Gasteiger partial charge in [-0.3, -0.25) is 0 Å². The normalized spacial score (nSPS) is 14.1. The van der Waals surface area contributed by atoms with E-state index in [0.29, 0.717) is 5.92 Å². The van der Waals surface area contributed by atoms with Crippen LogP contribution in [-0.2, 0) is 0 Å². The molecule has 0 aliphatic rings. The fraction of sp³-hybridized carbons (Fsp3) is 0.200. The van der Waals surface area contributed by atoms with Gasteiger partial charge in [0.2, 0.25) is 0 Å². The topological polar surface area (TPSA) is 0 Å². The number of hydrogen-bond acceptors (Lipinski definition) is 0. The Balaban J connectivity index is 2.92. The molecule has 0 nitrogen and oxygen atoms in total. The van der Waals surface area contributed by atoms with E-state index < -0.39 is 0 Å². The smallest absolute Gasteiger partial charge is 0.00607 e. The summed E-state index contributed by atoms with van der Waals surface area (Å²) in [5.74, 6) is 0.403. The SMILES string of the molecule is C=C/C(=C\C=C/C)C(C)c1ccccc1. The fourth-order valence-electron chi connectivity index (χ4n) is 1.53. The number of benzene rings is 1. The Kier molecular flexibility index (Phi) is 4.62. The lowest BCUT2D eigenvalue weighted by molar-refractivity contribution is 0.922. The van der Waals surface area contributed by atoms with Crippen LogP contribution >= 0.6 is 0 Å². The van der Waals surface area contributed by atoms with Crippen LogP contribution in [0.3, 0.4) is 0 Å². The first-order valence-corrected chi connectivity index (χ1v) is 5.29. The van der Waals surface area contributed by atoms with E-state index in [1.54, 1.807) is 0 Å². The predicted octanol–water partition coefficient (Wildman–Crippen LogP) is 4.48. The third-order valence-electron chi connectivity index (χ3n) is 2.52. The standard InChI is InChI=1S/C15H18/c1-4-6-10-14(5-2)13(3)15-11-8-7-9-12-15/h4-13H,2H2,1,3H3/b6-4-,14-10+. The molecule has 0 radical (unpaired) electrons. The molecule has 1 aromatic carbocycles. The van der Waals surface area contributed by atoms with E-state index >= 15 is 0 Å². The van der Waals surface area contributed by atoms with Gasteiger partial charge in [0.1, 0.15) is 0 Å². The highest BCUT2D eigenvalue weighted by Gasteiger charge is 2.06. The molecule has 0 bridgehead atoms. The maximum absolute atomic E-state index is 3.86. The molecule has 0 aliphatic heterocycles. The molecule has 0 aromatic heterocycles. The van der Waals surface area contributed by atoms with Crippen molar-refractivity contribution in [3.05, 3.63) is 72.4 Å². The summed E-state index contributed by atoms with van der Waals surface area (Å²) in [6.45, 7) is 8.08. The number of allylic oxidation sites excluding steroid dienone is 5. The second-order valence-electron chi connectivity index (χ2n) is 3.53. The lowest BCUT2D eigenvalue weighted by Crippen LogP contribution is -1.95. The lowest BCUT2D eigenvalue weighted by atomic mass is 9.92. The Hall–Kier alpha value is -1.56. The average Bonchev–Trinajstić information content (AvgIpc) is 2.31. The van der Waals surface area contributed by atoms with Gasteiger partial charge in [0.15, 0.2) is 0 Å². The van der Waals surface area contributed by atoms with Crippen LogP contribution in [0.5, 0.6) is 0 Å². The number of hydrogen-bond donors (Lipinski definition) is 0. The molecule has 1 atom stereocenters. The molecule has 0 N–H and O–H groups in total. The molecule has 1 aromatic rings. The molecule has 1 unspecified atom stereocenters. The van der Waals surface area contributed by atoms with E-state index in [9.17, 15) is 0 Å². The van der Waals surface area contributed by atoms with Crippen LogP contribution in [0, 0.1) is 0 Å². The van der Waals surface area contributed by atoms with Crippen molar-refractivity contribution < 1.29 is 0 Å². The third-order valence-corrected chi connectivity index (χ3v) is 2.52. The van der Waals surface area contributed by atoms with Crippen LogP contribution in [0.4, 0.5) is 0 Å². The molecule has 0 heterocycles. The first-order chi connectivity index (χ1) is 7.29. The molecule has 0 aliphatic carbocycles. The van der Waals surface area contributed by atoms with Crippen molar-refractivity contribution in [2.24, 2.45) is 0 Å². The molecule has 0 saturated heterocycles. The summed E-state index contributed by atoms with van der Waals surface area (Å²) in [5, 5.41) is 0. The molecular formula is C15H18. The average molecular weight is 198 g/mol. The summed E-state index contributed by atoms with van der Waals surface area (Å²) < 4.78 is 0. The van der Waals surface area contributed by atoms with Crippen molar-refractivity contribution >= 4 is 0 Å². The lowest BCUT2D eigenvalue weighted by Gasteiger charge is -2.12. The molecule has 78 valence electrons. The first kappa shape index (κ1) is 11.5. The van der Waals surface area contributed by atoms with Crippen molar-refractivity contribution in [2.75, 3.05) is 0 Å². The quantitative estimate of drug-likeness (QED) is 0.626. The Bertz CT molecular complexity index is 355. The summed E-state index contributed by atoms with van der Waals surface area (Å²) in [7, 11) is 0. The van der Waals surface area contributed by atoms with E-state index in [1.165, 1.54) is 11.1 Å². The van der Waals surface area contributed by atoms with Gasteiger partial charge in [-0.25, -0.2) is 0 Å². The fourth-order valence-corrected chi connectivity index (χ4v) is 1.53. The summed E-state index contributed by atoms with van der Waals surface area (Å²) >= 11 is 0. The second-order valence-corrected chi connectivity index (χ2v) is 3.53. The molecule has 0 saturated carbocycles. The Labute approximate surface area is 92.6 Å². The highest BCUT2D eigenvalue weighted by Crippen LogP contribution is 2.24. The Morgan fingerprint density at radius 1 is 1.27 bits per heavy atom. The molecule has 0 heteroatoms. The van der Waals surface area contributed by atoms with E-state index in [1.807, 2.05) is 25.1 Å². The Morgan fingerprint density at radius 2 is 1.93 bits per heavy atom. The summed E-state index contributed by atoms with van der Waals surface area (Å²) in [5.41, 5.74) is 2.58. The molecular weight excluding hydrogens is 180 g/mol. The number of rotatable bonds is 4. The van der Waals surface area contributed by atoms with E-state index in [2.05, 4.69) is 49.9 Å². The van der Waals surface area contributed by atoms with Crippen molar-refractivity contribution in [3.63, 3.8) is 0 Å². The minimum Gasteiger partial charge on any atom is -0.0988 e. The monoisotopic (exact) mass is 198 g/mol. The van der Waals surface area contributed by atoms with E-state index in [0.717, 1.165) is 0 Å². The summed E-state index contributed by atoms with van der Waals surface area (Å²) in [6.07, 6.45) is 8.12. The second kappa shape index (κ2) is 6.02. The zero-order chi connectivity index (χ0) is 11.1. The van der Waals surface area contributed by atoms with Crippen LogP contribution in [0.1, 0.15) is 25.3 Å². The van der Waals surface area contributed by atoms with Gasteiger partial charge < -0.3 is 0 Å². The first-order valence-electron chi connectivity index (χ1n) is 5.29. The van der Waals surface area contributed by atoms with E-state index in [4.69, 9.17) is 0 Å². The minimum absolute atomic E-state index is 0.403. The summed E-state index contributed by atoms with van der Waals surface area (Å²) in [4.78, 5) is 0. The third kappa shape index (κ3) is 3.25. The van der Waals surface area contributed by atoms with Gasteiger partial charge in [-0.2, -0.15) is 0 Å². The minimum atomic E-state index is 0.403. The zero-order valence-corrected chi connectivity index (χ0v) is 9.48. The van der Waals surface area contributed by atoms with Gasteiger partial charge in [0.25, 0.3) is 0 Å². The molecule has 1 rings (SSSR count). The highest BCUT2D eigenvalue weighted by atomic mass is 14.1. The van der Waals surface area contributed by atoms with Gasteiger partial charge in [-0.05, 0) is 18.1 Å². The van der Waals surface area contributed by atoms with Crippen LogP contribution < -0.4 is 0 Å². The van der Waals surface area contributed by atoms with Crippen molar-refractivity contribution in [1.29, 1.82) is 0 Å². The van der Waals surface area contributed by atoms with Crippen molar-refractivity contribution in [3.8, 4) is 0 Å². The van der Waals surface area contributed by atoms with Gasteiger partial charge in [-0.1, -0.05) is 68.1 Å². The van der Waals surface area contributed by atoms with Gasteiger partial charge in [0, 0.05) is 5.92 Å². The zero-order valence-electron chi connectivity index (χ0n) is 9.48. The van der Waals surface area contributed by atoms with Crippen molar-refractivity contribution in [1.82, 2.24) is 0 Å². The van der Waals surface area contributed by atoms with Gasteiger partial charge in [-0.15, -0.1) is 0 Å². The largest absolute Gasteiger partial charge is 0.0988 e. The highest BCUT2D eigenvalue weighted by molar-refractivity contribution is 5.35. The maximum atomic E-state index is 3.86. The molecule has 0 spiro atoms. The van der Waals surface area contributed by atoms with Gasteiger partial charge in [0.05, 0.1) is 0 Å². The van der Waals surface area contributed by atoms with E-state index in [-0.39, 0.29) is 0 Å². The molecule has 15 heavy (non-hydrogen) atoms. The van der Waals surface area contributed by atoms with Crippen molar-refractivity contribution in [2.45, 2.75) is 19.8 Å². The van der Waals surface area contributed by atoms with Crippen LogP contribution in [0.15, 0.2) is 66.8 Å². The van der Waals surface area contributed by atoms with Crippen LogP contribution in [-0.4, -0.2) is 0 Å². The summed E-state index contributed by atoms with van der Waals surface area (Å²) in [6, 6.07) is 10.5. The van der Waals surface area contributed by atoms with Crippen LogP contribution in [0.25, 0.3) is 0 Å². The predicted molar refractivity (Wildman–Crippen MR) is 68.0 cm³/mol. The molecule has 0 amide bonds. The maximum Gasteiger partial charge on any atom is 0.00607 e. The van der Waals surface area contributed by atoms with Crippen LogP contribution in [0.2, 0.25) is 0 Å². The van der Waals surface area contributed by atoms with Gasteiger partial charge >= 0.3 is 0 Å². The molecule has 0 fully saturated rings. The Morgan fingerprint density at radius 3 is 2.47 bits per heavy atom.